The third-order valence-electron chi connectivity index (χ3n) is 3.59. The molecule has 4 N–H and O–H groups in total. The van der Waals surface area contributed by atoms with Gasteiger partial charge < -0.3 is 16.2 Å². The number of nitrogens with zero attached hydrogens (tertiary/aromatic N) is 2. The summed E-state index contributed by atoms with van der Waals surface area (Å²) in [7, 11) is 0. The Hall–Kier alpha value is -2.90. The predicted octanol–water partition coefficient (Wildman–Crippen LogP) is 0.735. The smallest absolute Gasteiger partial charge is 0.326 e. The number of rotatable bonds is 8. The van der Waals surface area contributed by atoms with Gasteiger partial charge in [0.05, 0.1) is 5.69 Å². The van der Waals surface area contributed by atoms with Crippen molar-refractivity contribution < 1.29 is 19.5 Å². The average molecular weight is 332 g/mol. The Morgan fingerprint density at radius 1 is 1.38 bits per heavy atom. The maximum absolute atomic E-state index is 12.6. The summed E-state index contributed by atoms with van der Waals surface area (Å²) < 4.78 is 1.63. The number of imidazole rings is 1. The van der Waals surface area contributed by atoms with E-state index in [-0.39, 0.29) is 12.8 Å². The first-order valence-electron chi connectivity index (χ1n) is 7.72. The molecular formula is C16H20N4O4. The molecule has 0 aliphatic heterocycles. The van der Waals surface area contributed by atoms with Crippen molar-refractivity contribution in [2.75, 3.05) is 0 Å². The molecular weight excluding hydrogens is 312 g/mol. The number of aromatic nitrogens is 2. The Bertz CT molecular complexity index is 769. The van der Waals surface area contributed by atoms with Gasteiger partial charge in [0.2, 0.25) is 5.91 Å². The summed E-state index contributed by atoms with van der Waals surface area (Å²) in [6.07, 6.45) is 2.93. The minimum Gasteiger partial charge on any atom is -0.480 e. The highest BCUT2D eigenvalue weighted by Crippen LogP contribution is 2.15. The van der Waals surface area contributed by atoms with E-state index in [1.807, 2.05) is 13.0 Å². The van der Waals surface area contributed by atoms with Crippen LogP contribution in [0.15, 0.2) is 24.4 Å². The van der Waals surface area contributed by atoms with E-state index in [1.165, 1.54) is 0 Å². The molecule has 128 valence electrons. The number of aliphatic carboxylic acids is 1. The van der Waals surface area contributed by atoms with Crippen LogP contribution in [-0.2, 0) is 16.0 Å². The van der Waals surface area contributed by atoms with Gasteiger partial charge in [0.15, 0.2) is 0 Å². The summed E-state index contributed by atoms with van der Waals surface area (Å²) in [5, 5.41) is 11.7. The largest absolute Gasteiger partial charge is 0.480 e. The van der Waals surface area contributed by atoms with Crippen LogP contribution in [0.5, 0.6) is 0 Å². The maximum Gasteiger partial charge on any atom is 0.326 e. The number of fused-ring (bicyclic) bond motifs is 1. The van der Waals surface area contributed by atoms with Crippen molar-refractivity contribution in [2.24, 2.45) is 5.73 Å². The topological polar surface area (TPSA) is 127 Å². The van der Waals surface area contributed by atoms with Crippen molar-refractivity contribution >= 4 is 23.4 Å². The maximum atomic E-state index is 12.6. The highest BCUT2D eigenvalue weighted by molar-refractivity contribution is 5.97. The van der Waals surface area contributed by atoms with Crippen LogP contribution >= 0.6 is 0 Å². The highest BCUT2D eigenvalue weighted by Gasteiger charge is 2.25. The van der Waals surface area contributed by atoms with Crippen molar-refractivity contribution in [3.05, 3.63) is 35.8 Å². The van der Waals surface area contributed by atoms with E-state index >= 15 is 0 Å². The van der Waals surface area contributed by atoms with Crippen molar-refractivity contribution in [1.82, 2.24) is 14.7 Å². The molecule has 2 aromatic rings. The second kappa shape index (κ2) is 7.58. The summed E-state index contributed by atoms with van der Waals surface area (Å²) in [5.74, 6) is -2.36. The summed E-state index contributed by atoms with van der Waals surface area (Å²) in [6.45, 7) is 1.97. The summed E-state index contributed by atoms with van der Waals surface area (Å²) in [5.41, 5.74) is 6.59. The van der Waals surface area contributed by atoms with Gasteiger partial charge in [0.25, 0.3) is 5.91 Å². The molecule has 2 aromatic heterocycles. The Kier molecular flexibility index (Phi) is 5.51. The number of carbonyl (C=O) groups excluding carboxylic acids is 2. The number of primary amides is 1. The van der Waals surface area contributed by atoms with Crippen LogP contribution < -0.4 is 11.1 Å². The van der Waals surface area contributed by atoms with Gasteiger partial charge in [-0.15, -0.1) is 0 Å². The molecule has 0 aliphatic rings. The molecule has 8 heteroatoms. The Labute approximate surface area is 138 Å². The second-order valence-corrected chi connectivity index (χ2v) is 5.46. The van der Waals surface area contributed by atoms with E-state index in [4.69, 9.17) is 5.73 Å². The number of carboxylic acids is 1. The van der Waals surface area contributed by atoms with E-state index in [9.17, 15) is 19.5 Å². The van der Waals surface area contributed by atoms with Gasteiger partial charge in [-0.1, -0.05) is 19.4 Å². The van der Waals surface area contributed by atoms with Gasteiger partial charge in [-0.25, -0.2) is 9.78 Å². The van der Waals surface area contributed by atoms with Crippen molar-refractivity contribution in [1.29, 1.82) is 0 Å². The van der Waals surface area contributed by atoms with Gasteiger partial charge in [0, 0.05) is 12.6 Å². The van der Waals surface area contributed by atoms with Crippen LogP contribution in [0.4, 0.5) is 0 Å². The summed E-state index contributed by atoms with van der Waals surface area (Å²) in [6, 6.07) is 4.17. The second-order valence-electron chi connectivity index (χ2n) is 5.46. The Morgan fingerprint density at radius 2 is 2.12 bits per heavy atom. The van der Waals surface area contributed by atoms with Crippen LogP contribution in [0, 0.1) is 0 Å². The zero-order valence-corrected chi connectivity index (χ0v) is 13.4. The summed E-state index contributed by atoms with van der Waals surface area (Å²) >= 11 is 0. The lowest BCUT2D eigenvalue weighted by Crippen LogP contribution is -2.42. The van der Waals surface area contributed by atoms with Crippen LogP contribution in [-0.4, -0.2) is 38.3 Å². The van der Waals surface area contributed by atoms with Gasteiger partial charge in [0.1, 0.15) is 17.4 Å². The van der Waals surface area contributed by atoms with Crippen LogP contribution in [0.2, 0.25) is 0 Å². The lowest BCUT2D eigenvalue weighted by atomic mass is 10.1. The zero-order chi connectivity index (χ0) is 17.7. The number of aryl methyl sites for hydroxylation is 1. The molecule has 0 bridgehead atoms. The third kappa shape index (κ3) is 3.89. The lowest BCUT2D eigenvalue weighted by Gasteiger charge is -2.14. The van der Waals surface area contributed by atoms with E-state index in [0.717, 1.165) is 6.42 Å². The Balaban J connectivity index is 2.30. The first-order valence-corrected chi connectivity index (χ1v) is 7.72. The van der Waals surface area contributed by atoms with Gasteiger partial charge in [-0.3, -0.25) is 14.0 Å². The molecule has 0 radical (unpaired) electrons. The quantitative estimate of drug-likeness (QED) is 0.657. The molecule has 0 spiro atoms. The third-order valence-corrected chi connectivity index (χ3v) is 3.59. The molecule has 0 aromatic carbocycles. The lowest BCUT2D eigenvalue weighted by molar-refractivity contribution is -0.139. The molecule has 2 amide bonds. The number of nitrogens with one attached hydrogen (secondary N) is 1. The fraction of sp³-hybridized carbons (Fsp3) is 0.375. The first kappa shape index (κ1) is 17.5. The number of pyridine rings is 1. The normalized spacial score (nSPS) is 12.0. The monoisotopic (exact) mass is 332 g/mol. The molecule has 0 saturated heterocycles. The molecule has 1 atom stereocenters. The van der Waals surface area contributed by atoms with E-state index in [2.05, 4.69) is 10.3 Å². The van der Waals surface area contributed by atoms with Crippen LogP contribution in [0.25, 0.3) is 5.65 Å². The van der Waals surface area contributed by atoms with Gasteiger partial charge in [-0.2, -0.15) is 0 Å². The molecule has 24 heavy (non-hydrogen) atoms. The van der Waals surface area contributed by atoms with E-state index in [0.29, 0.717) is 23.5 Å². The molecule has 0 saturated carbocycles. The molecule has 1 unspecified atom stereocenters. The first-order chi connectivity index (χ1) is 11.4. The fourth-order valence-corrected chi connectivity index (χ4v) is 2.47. The molecule has 0 aliphatic carbocycles. The van der Waals surface area contributed by atoms with Gasteiger partial charge in [-0.05, 0) is 25.0 Å². The van der Waals surface area contributed by atoms with Crippen LogP contribution in [0.1, 0.15) is 42.4 Å². The van der Waals surface area contributed by atoms with Crippen LogP contribution in [0.3, 0.4) is 0 Å². The fourth-order valence-electron chi connectivity index (χ4n) is 2.47. The number of hydrogen-bond donors (Lipinski definition) is 3. The zero-order valence-electron chi connectivity index (χ0n) is 13.4. The number of amides is 2. The highest BCUT2D eigenvalue weighted by atomic mass is 16.4. The summed E-state index contributed by atoms with van der Waals surface area (Å²) in [4.78, 5) is 39.2. The molecule has 2 heterocycles. The standard InChI is InChI=1S/C16H20N4O4/c1-2-5-10-14(20-9-4-3-6-13(20)18-10)15(22)19-11(16(23)24)7-8-12(17)21/h3-4,6,9,11H,2,5,7-8H2,1H3,(H2,17,21)(H,19,22)(H,23,24). The molecule has 0 fully saturated rings. The van der Waals surface area contributed by atoms with Gasteiger partial charge >= 0.3 is 5.97 Å². The molecule has 2 rings (SSSR count). The minimum atomic E-state index is -1.21. The van der Waals surface area contributed by atoms with Crippen molar-refractivity contribution in [3.8, 4) is 0 Å². The number of carbonyl (C=O) groups is 3. The molecule has 8 nitrogen and oxygen atoms in total. The minimum absolute atomic E-state index is 0.0593. The van der Waals surface area contributed by atoms with E-state index in [1.54, 1.807) is 22.7 Å². The van der Waals surface area contributed by atoms with Crippen molar-refractivity contribution in [3.63, 3.8) is 0 Å². The number of nitrogens with two attached hydrogens (primary N) is 1. The van der Waals surface area contributed by atoms with Crippen molar-refractivity contribution in [2.45, 2.75) is 38.6 Å². The van der Waals surface area contributed by atoms with E-state index < -0.39 is 23.8 Å². The number of hydrogen-bond acceptors (Lipinski definition) is 4. The SMILES string of the molecule is CCCc1nc2ccccn2c1C(=O)NC(CCC(N)=O)C(=O)O. The number of carboxylic acid groups (broad SMARTS) is 1. The Morgan fingerprint density at radius 3 is 2.75 bits per heavy atom. The predicted molar refractivity (Wildman–Crippen MR) is 86.5 cm³/mol. The average Bonchev–Trinajstić information content (AvgIpc) is 2.89.